The van der Waals surface area contributed by atoms with Gasteiger partial charge in [-0.3, -0.25) is 19.5 Å². The Bertz CT molecular complexity index is 938. The van der Waals surface area contributed by atoms with Gasteiger partial charge in [0, 0.05) is 42.9 Å². The molecule has 2 aromatic rings. The molecular formula is C26H34N4O2. The molecule has 0 spiro atoms. The molecule has 2 saturated heterocycles. The van der Waals surface area contributed by atoms with Gasteiger partial charge in [-0.25, -0.2) is 0 Å². The molecule has 3 heterocycles. The lowest BCUT2D eigenvalue weighted by molar-refractivity contribution is -0.136. The maximum atomic E-state index is 12.8. The summed E-state index contributed by atoms with van der Waals surface area (Å²) in [6.07, 6.45) is 4.46. The molecule has 0 saturated carbocycles. The second kappa shape index (κ2) is 10.3. The number of piperidine rings is 2. The number of carbonyl (C=O) groups is 2. The van der Waals surface area contributed by atoms with Crippen molar-refractivity contribution in [2.45, 2.75) is 44.9 Å². The van der Waals surface area contributed by atoms with E-state index in [1.54, 1.807) is 0 Å². The van der Waals surface area contributed by atoms with Crippen molar-refractivity contribution in [3.05, 3.63) is 65.0 Å². The molecule has 1 atom stereocenters. The highest BCUT2D eigenvalue weighted by Crippen LogP contribution is 2.27. The van der Waals surface area contributed by atoms with Gasteiger partial charge in [0.25, 0.3) is 0 Å². The fourth-order valence-corrected chi connectivity index (χ4v) is 5.06. The lowest BCUT2D eigenvalue weighted by Gasteiger charge is -2.35. The minimum atomic E-state index is -0.242. The van der Waals surface area contributed by atoms with E-state index in [0.29, 0.717) is 38.4 Å². The predicted octanol–water partition coefficient (Wildman–Crippen LogP) is 2.88. The number of hydrogen-bond acceptors (Lipinski definition) is 4. The third-order valence-electron chi connectivity index (χ3n) is 6.82. The summed E-state index contributed by atoms with van der Waals surface area (Å²) in [5, 5.41) is 0. The minimum absolute atomic E-state index is 0.0871. The Hall–Kier alpha value is -2.73. The number of aromatic nitrogens is 1. The minimum Gasteiger partial charge on any atom is -0.369 e. The summed E-state index contributed by atoms with van der Waals surface area (Å²) < 4.78 is 0. The number of amides is 2. The maximum absolute atomic E-state index is 12.8. The maximum Gasteiger partial charge on any atom is 0.236 e. The normalized spacial score (nSPS) is 20.3. The monoisotopic (exact) mass is 434 g/mol. The van der Waals surface area contributed by atoms with E-state index < -0.39 is 0 Å². The van der Waals surface area contributed by atoms with Crippen LogP contribution in [0.1, 0.15) is 54.1 Å². The predicted molar refractivity (Wildman–Crippen MR) is 125 cm³/mol. The first-order chi connectivity index (χ1) is 15.5. The average molecular weight is 435 g/mol. The van der Waals surface area contributed by atoms with Crippen LogP contribution in [0.25, 0.3) is 0 Å². The van der Waals surface area contributed by atoms with Crippen molar-refractivity contribution in [3.63, 3.8) is 0 Å². The summed E-state index contributed by atoms with van der Waals surface area (Å²) in [5.41, 5.74) is 10.2. The van der Waals surface area contributed by atoms with Gasteiger partial charge in [-0.15, -0.1) is 0 Å². The lowest BCUT2D eigenvalue weighted by Crippen LogP contribution is -2.47. The molecule has 0 radical (unpaired) electrons. The number of primary amides is 1. The van der Waals surface area contributed by atoms with E-state index in [9.17, 15) is 9.59 Å². The molecule has 2 aliphatic rings. The number of rotatable bonds is 6. The number of benzene rings is 1. The van der Waals surface area contributed by atoms with E-state index in [1.807, 2.05) is 11.0 Å². The Morgan fingerprint density at radius 3 is 2.50 bits per heavy atom. The van der Waals surface area contributed by atoms with E-state index >= 15 is 0 Å². The quantitative estimate of drug-likeness (QED) is 0.758. The first kappa shape index (κ1) is 22.5. The summed E-state index contributed by atoms with van der Waals surface area (Å²) in [5.74, 6) is 0.186. The molecule has 1 unspecified atom stereocenters. The molecular weight excluding hydrogens is 400 g/mol. The van der Waals surface area contributed by atoms with Crippen LogP contribution in [0.3, 0.4) is 0 Å². The van der Waals surface area contributed by atoms with Crippen LogP contribution in [0, 0.1) is 12.8 Å². The van der Waals surface area contributed by atoms with Crippen molar-refractivity contribution in [1.29, 1.82) is 0 Å². The van der Waals surface area contributed by atoms with Crippen LogP contribution in [0.5, 0.6) is 0 Å². The van der Waals surface area contributed by atoms with Gasteiger partial charge in [-0.05, 0) is 68.8 Å². The molecule has 4 rings (SSSR count). The van der Waals surface area contributed by atoms with Crippen molar-refractivity contribution in [1.82, 2.24) is 14.8 Å². The van der Waals surface area contributed by atoms with Crippen molar-refractivity contribution in [2.75, 3.05) is 32.7 Å². The zero-order valence-electron chi connectivity index (χ0n) is 19.0. The molecule has 6 heteroatoms. The zero-order valence-corrected chi connectivity index (χ0v) is 19.0. The molecule has 2 N–H and O–H groups in total. The molecule has 2 fully saturated rings. The topological polar surface area (TPSA) is 79.5 Å². The van der Waals surface area contributed by atoms with Gasteiger partial charge in [0.2, 0.25) is 11.8 Å². The molecule has 0 aliphatic carbocycles. The van der Waals surface area contributed by atoms with Crippen molar-refractivity contribution in [2.24, 2.45) is 11.7 Å². The van der Waals surface area contributed by atoms with E-state index in [4.69, 9.17) is 10.7 Å². The van der Waals surface area contributed by atoms with Crippen LogP contribution < -0.4 is 5.73 Å². The zero-order chi connectivity index (χ0) is 22.5. The van der Waals surface area contributed by atoms with Crippen molar-refractivity contribution in [3.8, 4) is 0 Å². The number of aryl methyl sites for hydroxylation is 1. The Morgan fingerprint density at radius 2 is 1.78 bits per heavy atom. The van der Waals surface area contributed by atoms with E-state index in [-0.39, 0.29) is 17.7 Å². The molecule has 6 nitrogen and oxygen atoms in total. The summed E-state index contributed by atoms with van der Waals surface area (Å²) in [4.78, 5) is 33.3. The average Bonchev–Trinajstić information content (AvgIpc) is 2.79. The van der Waals surface area contributed by atoms with Crippen LogP contribution in [-0.4, -0.2) is 59.3 Å². The third kappa shape index (κ3) is 5.74. The van der Waals surface area contributed by atoms with Gasteiger partial charge < -0.3 is 10.6 Å². The highest BCUT2D eigenvalue weighted by Gasteiger charge is 2.29. The van der Waals surface area contributed by atoms with Crippen molar-refractivity contribution >= 4 is 11.8 Å². The number of carbonyl (C=O) groups excluding carboxylic acids is 2. The number of hydrogen-bond donors (Lipinski definition) is 1. The second-order valence-corrected chi connectivity index (χ2v) is 9.34. The van der Waals surface area contributed by atoms with E-state index in [0.717, 1.165) is 43.7 Å². The van der Waals surface area contributed by atoms with Crippen LogP contribution >= 0.6 is 0 Å². The number of nitrogens with two attached hydrogens (primary N) is 1. The summed E-state index contributed by atoms with van der Waals surface area (Å²) >= 11 is 0. The van der Waals surface area contributed by atoms with Gasteiger partial charge in [-0.2, -0.15) is 0 Å². The Balaban J connectivity index is 1.36. The van der Waals surface area contributed by atoms with Gasteiger partial charge in [0.05, 0.1) is 6.54 Å². The van der Waals surface area contributed by atoms with Crippen LogP contribution in [0.2, 0.25) is 0 Å². The summed E-state index contributed by atoms with van der Waals surface area (Å²) in [6.45, 7) is 5.59. The smallest absolute Gasteiger partial charge is 0.236 e. The van der Waals surface area contributed by atoms with Gasteiger partial charge in [-0.1, -0.05) is 30.3 Å². The molecule has 32 heavy (non-hydrogen) atoms. The SMILES string of the molecule is Cc1cc(Cc2ccccc2)cc(C2CCCN(CC(=O)N3CCC(C(N)=O)CC3)C2)n1. The lowest BCUT2D eigenvalue weighted by atomic mass is 9.92. The number of nitrogens with zero attached hydrogens (tertiary/aromatic N) is 3. The van der Waals surface area contributed by atoms with Gasteiger partial charge >= 0.3 is 0 Å². The van der Waals surface area contributed by atoms with Gasteiger partial charge in [0.15, 0.2) is 0 Å². The molecule has 2 aliphatic heterocycles. The Kier molecular flexibility index (Phi) is 7.20. The Labute approximate surface area is 190 Å². The highest BCUT2D eigenvalue weighted by molar-refractivity contribution is 5.80. The first-order valence-corrected chi connectivity index (χ1v) is 11.8. The summed E-state index contributed by atoms with van der Waals surface area (Å²) in [7, 11) is 0. The fourth-order valence-electron chi connectivity index (χ4n) is 5.06. The first-order valence-electron chi connectivity index (χ1n) is 11.8. The largest absolute Gasteiger partial charge is 0.369 e. The van der Waals surface area contributed by atoms with Gasteiger partial charge in [0.1, 0.15) is 0 Å². The third-order valence-corrected chi connectivity index (χ3v) is 6.82. The molecule has 2 amide bonds. The number of pyridine rings is 1. The summed E-state index contributed by atoms with van der Waals surface area (Å²) in [6, 6.07) is 15.0. The van der Waals surface area contributed by atoms with Crippen molar-refractivity contribution < 1.29 is 9.59 Å². The molecule has 1 aromatic carbocycles. The number of likely N-dealkylation sites (tertiary alicyclic amines) is 2. The fraction of sp³-hybridized carbons (Fsp3) is 0.500. The van der Waals surface area contributed by atoms with E-state index in [1.165, 1.54) is 11.1 Å². The molecule has 170 valence electrons. The van der Waals surface area contributed by atoms with Crippen LogP contribution in [0.15, 0.2) is 42.5 Å². The molecule has 0 bridgehead atoms. The van der Waals surface area contributed by atoms with Crippen LogP contribution in [0.4, 0.5) is 0 Å². The highest BCUT2D eigenvalue weighted by atomic mass is 16.2. The van der Waals surface area contributed by atoms with E-state index in [2.05, 4.69) is 48.2 Å². The standard InChI is InChI=1S/C26H34N4O2/c1-19-14-21(15-20-6-3-2-4-7-20)16-24(28-19)23-8-5-11-29(17-23)18-25(31)30-12-9-22(10-13-30)26(27)32/h2-4,6-7,14,16,22-23H,5,8-13,15,17-18H2,1H3,(H2,27,32). The molecule has 1 aromatic heterocycles. The Morgan fingerprint density at radius 1 is 1.03 bits per heavy atom. The second-order valence-electron chi connectivity index (χ2n) is 9.34. The van der Waals surface area contributed by atoms with Crippen LogP contribution in [-0.2, 0) is 16.0 Å².